The van der Waals surface area contributed by atoms with Crippen LogP contribution in [-0.2, 0) is 14.4 Å². The van der Waals surface area contributed by atoms with Crippen LogP contribution in [0.3, 0.4) is 0 Å². The average Bonchev–Trinajstić information content (AvgIpc) is 2.13. The molecule has 1 unspecified atom stereocenters. The van der Waals surface area contributed by atoms with E-state index in [9.17, 15) is 9.59 Å². The Morgan fingerprint density at radius 1 is 1.50 bits per heavy atom. The molecule has 1 atom stereocenters. The molecule has 0 aliphatic rings. The van der Waals surface area contributed by atoms with Crippen molar-refractivity contribution in [2.45, 2.75) is 13.0 Å². The van der Waals surface area contributed by atoms with Crippen LogP contribution in [0.25, 0.3) is 0 Å². The first-order valence-electron chi connectivity index (χ1n) is 3.96. The van der Waals surface area contributed by atoms with Crippen LogP contribution in [0.5, 0.6) is 0 Å². The standard InChI is InChI=1S/C7H14N2O5/c1-5(13-2)3-8-7(12)9-14-4-6(10)11/h5H,3-4H2,1-2H3,(H,10,11)(H2,8,9,12). The molecule has 0 aromatic carbocycles. The van der Waals surface area contributed by atoms with E-state index < -0.39 is 18.6 Å². The summed E-state index contributed by atoms with van der Waals surface area (Å²) in [4.78, 5) is 25.1. The Balaban J connectivity index is 3.41. The lowest BCUT2D eigenvalue weighted by atomic mass is 10.4. The second-order valence-corrected chi connectivity index (χ2v) is 2.54. The monoisotopic (exact) mass is 206 g/mol. The van der Waals surface area contributed by atoms with Crippen LogP contribution in [-0.4, -0.2) is 43.5 Å². The van der Waals surface area contributed by atoms with E-state index in [0.29, 0.717) is 6.54 Å². The van der Waals surface area contributed by atoms with Gasteiger partial charge in [0.05, 0.1) is 6.10 Å². The molecule has 0 aromatic heterocycles. The van der Waals surface area contributed by atoms with Crippen LogP contribution in [0.15, 0.2) is 0 Å². The fourth-order valence-corrected chi connectivity index (χ4v) is 0.519. The lowest BCUT2D eigenvalue weighted by Gasteiger charge is -2.10. The number of rotatable bonds is 6. The Morgan fingerprint density at radius 3 is 2.64 bits per heavy atom. The van der Waals surface area contributed by atoms with Gasteiger partial charge in [-0.25, -0.2) is 15.1 Å². The predicted octanol–water partition coefficient (Wildman–Crippen LogP) is -0.663. The number of methoxy groups -OCH3 is 1. The molecular weight excluding hydrogens is 192 g/mol. The zero-order valence-corrected chi connectivity index (χ0v) is 8.07. The Kier molecular flexibility index (Phi) is 6.42. The Labute approximate surface area is 81.3 Å². The third-order valence-corrected chi connectivity index (χ3v) is 1.31. The number of carbonyl (C=O) groups excluding carboxylic acids is 1. The van der Waals surface area contributed by atoms with E-state index in [2.05, 4.69) is 10.2 Å². The van der Waals surface area contributed by atoms with Crippen molar-refractivity contribution >= 4 is 12.0 Å². The Hall–Kier alpha value is -1.34. The first-order chi connectivity index (χ1) is 6.56. The lowest BCUT2D eigenvalue weighted by Crippen LogP contribution is -2.40. The number of urea groups is 1. The Morgan fingerprint density at radius 2 is 2.14 bits per heavy atom. The maximum absolute atomic E-state index is 10.8. The number of hydroxylamine groups is 1. The molecule has 0 aliphatic heterocycles. The molecule has 0 saturated heterocycles. The molecule has 0 aromatic rings. The first kappa shape index (κ1) is 12.7. The van der Waals surface area contributed by atoms with E-state index in [1.54, 1.807) is 6.92 Å². The van der Waals surface area contributed by atoms with Gasteiger partial charge < -0.3 is 15.2 Å². The van der Waals surface area contributed by atoms with Crippen molar-refractivity contribution in [1.29, 1.82) is 0 Å². The summed E-state index contributed by atoms with van der Waals surface area (Å²) in [6.07, 6.45) is -0.111. The van der Waals surface area contributed by atoms with Crippen LogP contribution in [0.4, 0.5) is 4.79 Å². The molecule has 7 nitrogen and oxygen atoms in total. The third kappa shape index (κ3) is 7.32. The van der Waals surface area contributed by atoms with Gasteiger partial charge in [0.25, 0.3) is 0 Å². The van der Waals surface area contributed by atoms with Crippen molar-refractivity contribution < 1.29 is 24.3 Å². The molecule has 3 N–H and O–H groups in total. The van der Waals surface area contributed by atoms with Crippen LogP contribution in [0.2, 0.25) is 0 Å². The van der Waals surface area contributed by atoms with Gasteiger partial charge >= 0.3 is 12.0 Å². The van der Waals surface area contributed by atoms with E-state index >= 15 is 0 Å². The quantitative estimate of drug-likeness (QED) is 0.501. The van der Waals surface area contributed by atoms with Crippen molar-refractivity contribution in [1.82, 2.24) is 10.8 Å². The number of nitrogens with one attached hydrogen (secondary N) is 2. The zero-order valence-electron chi connectivity index (χ0n) is 8.07. The number of carboxylic acid groups (broad SMARTS) is 1. The topological polar surface area (TPSA) is 96.9 Å². The van der Waals surface area contributed by atoms with Crippen molar-refractivity contribution in [2.75, 3.05) is 20.3 Å². The van der Waals surface area contributed by atoms with Crippen molar-refractivity contribution in [2.24, 2.45) is 0 Å². The van der Waals surface area contributed by atoms with Gasteiger partial charge in [-0.15, -0.1) is 0 Å². The van der Waals surface area contributed by atoms with Crippen molar-refractivity contribution in [3.63, 3.8) is 0 Å². The zero-order chi connectivity index (χ0) is 11.0. The highest BCUT2D eigenvalue weighted by molar-refractivity contribution is 5.73. The molecule has 0 heterocycles. The number of hydrogen-bond acceptors (Lipinski definition) is 4. The fraction of sp³-hybridized carbons (Fsp3) is 0.714. The lowest BCUT2D eigenvalue weighted by molar-refractivity contribution is -0.144. The summed E-state index contributed by atoms with van der Waals surface area (Å²) in [5.74, 6) is -1.16. The molecule has 0 saturated carbocycles. The number of carbonyl (C=O) groups is 2. The van der Waals surface area contributed by atoms with E-state index in [4.69, 9.17) is 9.84 Å². The van der Waals surface area contributed by atoms with Gasteiger partial charge in [0.2, 0.25) is 0 Å². The highest BCUT2D eigenvalue weighted by Crippen LogP contribution is 1.83. The maximum Gasteiger partial charge on any atom is 0.338 e. The van der Waals surface area contributed by atoms with Crippen LogP contribution >= 0.6 is 0 Å². The van der Waals surface area contributed by atoms with Gasteiger partial charge in [-0.05, 0) is 6.92 Å². The number of hydrogen-bond donors (Lipinski definition) is 3. The van der Waals surface area contributed by atoms with Crippen LogP contribution in [0, 0.1) is 0 Å². The molecule has 7 heteroatoms. The maximum atomic E-state index is 10.8. The number of ether oxygens (including phenoxy) is 1. The Bertz CT molecular complexity index is 197. The first-order valence-corrected chi connectivity index (χ1v) is 3.96. The van der Waals surface area contributed by atoms with Crippen molar-refractivity contribution in [3.05, 3.63) is 0 Å². The highest BCUT2D eigenvalue weighted by atomic mass is 16.7. The summed E-state index contributed by atoms with van der Waals surface area (Å²) in [6, 6.07) is -0.602. The minimum atomic E-state index is -1.16. The molecule has 0 aliphatic carbocycles. The molecule has 0 radical (unpaired) electrons. The summed E-state index contributed by atoms with van der Waals surface area (Å²) >= 11 is 0. The molecule has 0 fully saturated rings. The smallest absolute Gasteiger partial charge is 0.338 e. The fourth-order valence-electron chi connectivity index (χ4n) is 0.519. The second-order valence-electron chi connectivity index (χ2n) is 2.54. The molecule has 2 amide bonds. The number of amides is 2. The number of carboxylic acids is 1. The SMILES string of the molecule is COC(C)CNC(=O)NOCC(=O)O. The van der Waals surface area contributed by atoms with Gasteiger partial charge in [0.1, 0.15) is 0 Å². The van der Waals surface area contributed by atoms with E-state index in [-0.39, 0.29) is 6.10 Å². The van der Waals surface area contributed by atoms with Gasteiger partial charge in [-0.1, -0.05) is 0 Å². The highest BCUT2D eigenvalue weighted by Gasteiger charge is 2.04. The van der Waals surface area contributed by atoms with Crippen LogP contribution < -0.4 is 10.8 Å². The molecule has 14 heavy (non-hydrogen) atoms. The van der Waals surface area contributed by atoms with Gasteiger partial charge in [-0.3, -0.25) is 4.84 Å². The molecule has 0 bridgehead atoms. The molecule has 0 rings (SSSR count). The molecule has 82 valence electrons. The predicted molar refractivity (Wildman–Crippen MR) is 46.6 cm³/mol. The van der Waals surface area contributed by atoms with E-state index in [0.717, 1.165) is 0 Å². The summed E-state index contributed by atoms with van der Waals surface area (Å²) < 4.78 is 4.87. The van der Waals surface area contributed by atoms with Gasteiger partial charge in [0.15, 0.2) is 6.61 Å². The summed E-state index contributed by atoms with van der Waals surface area (Å²) in [7, 11) is 1.52. The average molecular weight is 206 g/mol. The third-order valence-electron chi connectivity index (χ3n) is 1.31. The van der Waals surface area contributed by atoms with Gasteiger partial charge in [-0.2, -0.15) is 0 Å². The number of aliphatic carboxylic acids is 1. The summed E-state index contributed by atoms with van der Waals surface area (Å²) in [5, 5.41) is 10.6. The summed E-state index contributed by atoms with van der Waals surface area (Å²) in [6.45, 7) is 1.52. The minimum absolute atomic E-state index is 0.111. The van der Waals surface area contributed by atoms with Crippen LogP contribution in [0.1, 0.15) is 6.92 Å². The normalized spacial score (nSPS) is 11.9. The molecular formula is C7H14N2O5. The minimum Gasteiger partial charge on any atom is -0.479 e. The van der Waals surface area contributed by atoms with Crippen molar-refractivity contribution in [3.8, 4) is 0 Å². The summed E-state index contributed by atoms with van der Waals surface area (Å²) in [5.41, 5.74) is 1.91. The van der Waals surface area contributed by atoms with Gasteiger partial charge in [0, 0.05) is 13.7 Å². The second kappa shape index (κ2) is 7.10. The largest absolute Gasteiger partial charge is 0.479 e. The molecule has 0 spiro atoms. The van der Waals surface area contributed by atoms with E-state index in [1.807, 2.05) is 5.48 Å². The van der Waals surface area contributed by atoms with E-state index in [1.165, 1.54) is 7.11 Å².